The van der Waals surface area contributed by atoms with Crippen molar-refractivity contribution in [3.8, 4) is 17.9 Å². The second kappa shape index (κ2) is 8.21. The number of allylic oxidation sites excluding steroid dienone is 2. The third kappa shape index (κ3) is 4.30. The first-order chi connectivity index (χ1) is 11.8. The zero-order valence-corrected chi connectivity index (χ0v) is 14.7. The Balaban J connectivity index is 1.54. The summed E-state index contributed by atoms with van der Waals surface area (Å²) >= 11 is 0. The summed E-state index contributed by atoms with van der Waals surface area (Å²) < 4.78 is 0. The number of hydrogen-bond acceptors (Lipinski definition) is 1. The van der Waals surface area contributed by atoms with Gasteiger partial charge in [-0.1, -0.05) is 44.1 Å². The molecule has 1 aromatic rings. The molecule has 0 aromatic heterocycles. The Hall–Kier alpha value is -1.99. The van der Waals surface area contributed by atoms with Gasteiger partial charge < -0.3 is 0 Å². The van der Waals surface area contributed by atoms with E-state index in [1.807, 2.05) is 24.3 Å². The highest BCUT2D eigenvalue weighted by molar-refractivity contribution is 5.43. The third-order valence-electron chi connectivity index (χ3n) is 5.97. The summed E-state index contributed by atoms with van der Waals surface area (Å²) in [5, 5.41) is 8.83. The van der Waals surface area contributed by atoms with Crippen molar-refractivity contribution in [3.05, 3.63) is 47.0 Å². The molecule has 0 aliphatic heterocycles. The predicted octanol–water partition coefficient (Wildman–Crippen LogP) is 5.85. The molecule has 0 N–H and O–H groups in total. The molecular formula is C23H27N. The minimum Gasteiger partial charge on any atom is -0.192 e. The molecule has 1 atom stereocenters. The molecule has 0 amide bonds. The van der Waals surface area contributed by atoms with E-state index in [4.69, 9.17) is 5.26 Å². The molecule has 1 nitrogen and oxygen atoms in total. The van der Waals surface area contributed by atoms with Crippen LogP contribution in [-0.4, -0.2) is 0 Å². The summed E-state index contributed by atoms with van der Waals surface area (Å²) in [5.41, 5.74) is 2.99. The fraction of sp³-hybridized carbons (Fsp3) is 0.522. The lowest BCUT2D eigenvalue weighted by Crippen LogP contribution is -2.22. The van der Waals surface area contributed by atoms with Crippen LogP contribution in [0.25, 0.3) is 0 Å². The summed E-state index contributed by atoms with van der Waals surface area (Å²) in [5.74, 6) is 9.43. The summed E-state index contributed by atoms with van der Waals surface area (Å²) in [6.45, 7) is 2.34. The van der Waals surface area contributed by atoms with Gasteiger partial charge in [-0.3, -0.25) is 0 Å². The van der Waals surface area contributed by atoms with Crippen molar-refractivity contribution < 1.29 is 0 Å². The molecule has 24 heavy (non-hydrogen) atoms. The van der Waals surface area contributed by atoms with Gasteiger partial charge in [-0.05, 0) is 79.7 Å². The fourth-order valence-electron chi connectivity index (χ4n) is 4.24. The third-order valence-corrected chi connectivity index (χ3v) is 5.97. The summed E-state index contributed by atoms with van der Waals surface area (Å²) in [4.78, 5) is 0. The van der Waals surface area contributed by atoms with Crippen LogP contribution in [0.4, 0.5) is 0 Å². The van der Waals surface area contributed by atoms with E-state index in [0.717, 1.165) is 29.7 Å². The maximum atomic E-state index is 8.83. The van der Waals surface area contributed by atoms with Crippen LogP contribution in [0.3, 0.4) is 0 Å². The number of nitrogens with zero attached hydrogens (tertiary/aromatic N) is 1. The molecule has 0 bridgehead atoms. The molecule has 0 heterocycles. The van der Waals surface area contributed by atoms with Crippen molar-refractivity contribution in [1.29, 1.82) is 5.26 Å². The highest BCUT2D eigenvalue weighted by Crippen LogP contribution is 2.40. The first kappa shape index (κ1) is 16.9. The summed E-state index contributed by atoms with van der Waals surface area (Å²) in [6, 6.07) is 9.68. The summed E-state index contributed by atoms with van der Waals surface area (Å²) in [7, 11) is 0. The summed E-state index contributed by atoms with van der Waals surface area (Å²) in [6.07, 6.45) is 13.2. The maximum absolute atomic E-state index is 8.83. The minimum absolute atomic E-state index is 0.693. The van der Waals surface area contributed by atoms with Gasteiger partial charge in [0.05, 0.1) is 11.6 Å². The highest BCUT2D eigenvalue weighted by atomic mass is 14.3. The zero-order chi connectivity index (χ0) is 16.8. The Morgan fingerprint density at radius 3 is 2.21 bits per heavy atom. The molecule has 0 spiro atoms. The largest absolute Gasteiger partial charge is 0.192 e. The van der Waals surface area contributed by atoms with Crippen LogP contribution in [0.15, 0.2) is 35.9 Å². The van der Waals surface area contributed by atoms with E-state index in [-0.39, 0.29) is 0 Å². The van der Waals surface area contributed by atoms with E-state index in [9.17, 15) is 0 Å². The van der Waals surface area contributed by atoms with E-state index >= 15 is 0 Å². The molecule has 0 radical (unpaired) electrons. The molecule has 1 aromatic carbocycles. The molecule has 3 rings (SSSR count). The number of nitriles is 1. The Morgan fingerprint density at radius 2 is 1.62 bits per heavy atom. The molecule has 0 saturated heterocycles. The average Bonchev–Trinajstić information content (AvgIpc) is 2.67. The normalized spacial score (nSPS) is 26.7. The smallest absolute Gasteiger partial charge is 0.0991 e. The van der Waals surface area contributed by atoms with Gasteiger partial charge in [0.15, 0.2) is 0 Å². The van der Waals surface area contributed by atoms with E-state index in [0.29, 0.717) is 5.56 Å². The van der Waals surface area contributed by atoms with Crippen molar-refractivity contribution in [2.24, 2.45) is 17.8 Å². The lowest BCUT2D eigenvalue weighted by Gasteiger charge is -2.34. The number of rotatable bonds is 2. The van der Waals surface area contributed by atoms with Crippen LogP contribution < -0.4 is 0 Å². The molecule has 1 heteroatoms. The molecule has 1 fully saturated rings. The van der Waals surface area contributed by atoms with Gasteiger partial charge in [0.2, 0.25) is 0 Å². The van der Waals surface area contributed by atoms with Crippen LogP contribution in [0.1, 0.15) is 69.4 Å². The second-order valence-corrected chi connectivity index (χ2v) is 7.39. The quantitative estimate of drug-likeness (QED) is 0.627. The fourth-order valence-corrected chi connectivity index (χ4v) is 4.24. The van der Waals surface area contributed by atoms with Crippen LogP contribution in [0, 0.1) is 40.9 Å². The standard InChI is InChI=1S/C23H27N/c1-2-18-9-13-22(14-10-18)23-15-11-20(12-16-23)4-3-19-5-7-21(17-24)8-6-19/h5-8,11,18,22-23H,2,9-10,12-16H2,1H3. The van der Waals surface area contributed by atoms with Gasteiger partial charge in [0.25, 0.3) is 0 Å². The first-order valence-corrected chi connectivity index (χ1v) is 9.49. The van der Waals surface area contributed by atoms with Gasteiger partial charge in [-0.25, -0.2) is 0 Å². The topological polar surface area (TPSA) is 23.8 Å². The van der Waals surface area contributed by atoms with Gasteiger partial charge in [0, 0.05) is 5.56 Å². The lowest BCUT2D eigenvalue weighted by atomic mass is 9.71. The van der Waals surface area contributed by atoms with Crippen molar-refractivity contribution in [3.63, 3.8) is 0 Å². The van der Waals surface area contributed by atoms with E-state index in [2.05, 4.69) is 30.9 Å². The van der Waals surface area contributed by atoms with Gasteiger partial charge >= 0.3 is 0 Å². The SMILES string of the molecule is CCC1CCC(C2CC=C(C#Cc3ccc(C#N)cc3)CC2)CC1. The zero-order valence-electron chi connectivity index (χ0n) is 14.7. The lowest BCUT2D eigenvalue weighted by molar-refractivity contribution is 0.190. The predicted molar refractivity (Wildman–Crippen MR) is 99.2 cm³/mol. The monoisotopic (exact) mass is 317 g/mol. The van der Waals surface area contributed by atoms with E-state index in [1.165, 1.54) is 50.5 Å². The number of hydrogen-bond donors (Lipinski definition) is 0. The first-order valence-electron chi connectivity index (χ1n) is 9.49. The highest BCUT2D eigenvalue weighted by Gasteiger charge is 2.27. The second-order valence-electron chi connectivity index (χ2n) is 7.39. The molecule has 2 aliphatic carbocycles. The molecule has 1 saturated carbocycles. The molecular weight excluding hydrogens is 290 g/mol. The van der Waals surface area contributed by atoms with Crippen LogP contribution >= 0.6 is 0 Å². The average molecular weight is 317 g/mol. The van der Waals surface area contributed by atoms with Crippen molar-refractivity contribution >= 4 is 0 Å². The Morgan fingerprint density at radius 1 is 0.917 bits per heavy atom. The van der Waals surface area contributed by atoms with Crippen molar-refractivity contribution in [2.45, 2.75) is 58.3 Å². The minimum atomic E-state index is 0.693. The van der Waals surface area contributed by atoms with E-state index in [1.54, 1.807) is 0 Å². The molecule has 124 valence electrons. The van der Waals surface area contributed by atoms with Gasteiger partial charge in [0.1, 0.15) is 0 Å². The van der Waals surface area contributed by atoms with Crippen LogP contribution in [0.5, 0.6) is 0 Å². The number of benzene rings is 1. The van der Waals surface area contributed by atoms with Gasteiger partial charge in [-0.15, -0.1) is 0 Å². The Kier molecular flexibility index (Phi) is 5.77. The Bertz CT molecular complexity index is 669. The van der Waals surface area contributed by atoms with Gasteiger partial charge in [-0.2, -0.15) is 5.26 Å². The molecule has 2 aliphatic rings. The van der Waals surface area contributed by atoms with E-state index < -0.39 is 0 Å². The Labute approximate surface area is 146 Å². The maximum Gasteiger partial charge on any atom is 0.0991 e. The van der Waals surface area contributed by atoms with Crippen LogP contribution in [0.2, 0.25) is 0 Å². The van der Waals surface area contributed by atoms with Crippen LogP contribution in [-0.2, 0) is 0 Å². The molecule has 1 unspecified atom stereocenters. The van der Waals surface area contributed by atoms with Crippen molar-refractivity contribution in [1.82, 2.24) is 0 Å². The van der Waals surface area contributed by atoms with Crippen molar-refractivity contribution in [2.75, 3.05) is 0 Å².